The maximum absolute atomic E-state index is 11.9. The molecule has 3 N–H and O–H groups in total. The Balaban J connectivity index is 1.76. The summed E-state index contributed by atoms with van der Waals surface area (Å²) in [6.07, 6.45) is 1.78. The minimum Gasteiger partial charge on any atom is -0.480 e. The van der Waals surface area contributed by atoms with Gasteiger partial charge in [-0.1, -0.05) is 0 Å². The fourth-order valence-corrected chi connectivity index (χ4v) is 2.41. The lowest BCUT2D eigenvalue weighted by Crippen LogP contribution is -2.47. The van der Waals surface area contributed by atoms with E-state index in [0.29, 0.717) is 12.6 Å². The minimum absolute atomic E-state index is 0.0846. The van der Waals surface area contributed by atoms with E-state index >= 15 is 0 Å². The lowest BCUT2D eigenvalue weighted by atomic mass is 10.2. The number of carbonyl (C=O) groups excluding carboxylic acids is 1. The van der Waals surface area contributed by atoms with Crippen molar-refractivity contribution >= 4 is 12.0 Å². The first-order valence-electron chi connectivity index (χ1n) is 6.64. The second-order valence-corrected chi connectivity index (χ2v) is 5.34. The molecule has 1 heterocycles. The number of likely N-dealkylation sites (N-methyl/N-ethyl adjacent to an activating group) is 1. The zero-order valence-corrected chi connectivity index (χ0v) is 11.1. The number of carbonyl (C=O) groups is 2. The monoisotopic (exact) mass is 271 g/mol. The van der Waals surface area contributed by atoms with Crippen molar-refractivity contribution in [2.75, 3.05) is 26.7 Å². The summed E-state index contributed by atoms with van der Waals surface area (Å²) in [5, 5.41) is 21.2. The van der Waals surface area contributed by atoms with Gasteiger partial charge in [-0.3, -0.25) is 0 Å². The third-order valence-electron chi connectivity index (χ3n) is 3.74. The highest BCUT2D eigenvalue weighted by Crippen LogP contribution is 2.24. The summed E-state index contributed by atoms with van der Waals surface area (Å²) in [7, 11) is 2.02. The Hall–Kier alpha value is -1.34. The summed E-state index contributed by atoms with van der Waals surface area (Å²) in [4.78, 5) is 26.3. The molecule has 0 aromatic carbocycles. The molecular formula is C12H21N3O4. The maximum atomic E-state index is 11.9. The number of rotatable bonds is 5. The average molecular weight is 271 g/mol. The quantitative estimate of drug-likeness (QED) is 0.615. The standard InChI is InChI=1S/C12H21N3O4/c1-14(8-2-3-8)5-4-13-12(19)15-7-9(16)6-10(15)11(17)18/h8-10,16H,2-7H2,1H3,(H,13,19)(H,17,18)/t9-,10+/m1/s1. The molecule has 7 nitrogen and oxygen atoms in total. The van der Waals surface area contributed by atoms with Crippen LogP contribution in [0.3, 0.4) is 0 Å². The van der Waals surface area contributed by atoms with Crippen molar-refractivity contribution in [3.63, 3.8) is 0 Å². The van der Waals surface area contributed by atoms with Crippen LogP contribution in [0.2, 0.25) is 0 Å². The van der Waals surface area contributed by atoms with E-state index in [0.717, 1.165) is 6.54 Å². The highest BCUT2D eigenvalue weighted by atomic mass is 16.4. The number of hydrogen-bond acceptors (Lipinski definition) is 4. The third kappa shape index (κ3) is 3.57. The Labute approximate surface area is 112 Å². The van der Waals surface area contributed by atoms with E-state index in [9.17, 15) is 14.7 Å². The second kappa shape index (κ2) is 5.75. The van der Waals surface area contributed by atoms with Crippen molar-refractivity contribution < 1.29 is 19.8 Å². The van der Waals surface area contributed by atoms with Gasteiger partial charge in [0.25, 0.3) is 0 Å². The molecule has 2 rings (SSSR count). The molecule has 2 atom stereocenters. The lowest BCUT2D eigenvalue weighted by Gasteiger charge is -2.22. The Morgan fingerprint density at radius 1 is 1.42 bits per heavy atom. The van der Waals surface area contributed by atoms with Crippen molar-refractivity contribution in [1.82, 2.24) is 15.1 Å². The first-order valence-corrected chi connectivity index (χ1v) is 6.64. The van der Waals surface area contributed by atoms with Crippen molar-refractivity contribution in [2.45, 2.75) is 37.5 Å². The largest absolute Gasteiger partial charge is 0.480 e. The number of likely N-dealkylation sites (tertiary alicyclic amines) is 1. The molecule has 1 saturated heterocycles. The number of carboxylic acid groups (broad SMARTS) is 1. The number of urea groups is 1. The van der Waals surface area contributed by atoms with Crippen molar-refractivity contribution in [3.8, 4) is 0 Å². The van der Waals surface area contributed by atoms with Crippen LogP contribution >= 0.6 is 0 Å². The van der Waals surface area contributed by atoms with Gasteiger partial charge in [-0.15, -0.1) is 0 Å². The fourth-order valence-electron chi connectivity index (χ4n) is 2.41. The summed E-state index contributed by atoms with van der Waals surface area (Å²) < 4.78 is 0. The van der Waals surface area contributed by atoms with E-state index in [1.807, 2.05) is 7.05 Å². The van der Waals surface area contributed by atoms with Crippen LogP contribution in [0.4, 0.5) is 4.79 Å². The molecule has 0 spiro atoms. The summed E-state index contributed by atoms with van der Waals surface area (Å²) in [5.41, 5.74) is 0. The van der Waals surface area contributed by atoms with Crippen molar-refractivity contribution in [1.29, 1.82) is 0 Å². The van der Waals surface area contributed by atoms with E-state index in [1.54, 1.807) is 0 Å². The van der Waals surface area contributed by atoms with Gasteiger partial charge in [0, 0.05) is 32.1 Å². The highest BCUT2D eigenvalue weighted by molar-refractivity contribution is 5.83. The fraction of sp³-hybridized carbons (Fsp3) is 0.833. The predicted octanol–water partition coefficient (Wildman–Crippen LogP) is -0.690. The van der Waals surface area contributed by atoms with Crippen molar-refractivity contribution in [3.05, 3.63) is 0 Å². The van der Waals surface area contributed by atoms with Gasteiger partial charge < -0.3 is 25.3 Å². The van der Waals surface area contributed by atoms with Gasteiger partial charge in [0.05, 0.1) is 6.10 Å². The van der Waals surface area contributed by atoms with Crippen LogP contribution in [0.1, 0.15) is 19.3 Å². The van der Waals surface area contributed by atoms with E-state index in [1.165, 1.54) is 17.7 Å². The summed E-state index contributed by atoms with van der Waals surface area (Å²) in [6, 6.07) is -0.693. The van der Waals surface area contributed by atoms with E-state index in [2.05, 4.69) is 10.2 Å². The molecule has 0 bridgehead atoms. The normalized spacial score (nSPS) is 26.8. The van der Waals surface area contributed by atoms with Gasteiger partial charge in [-0.05, 0) is 19.9 Å². The molecule has 7 heteroatoms. The molecular weight excluding hydrogens is 250 g/mol. The number of nitrogens with one attached hydrogen (secondary N) is 1. The summed E-state index contributed by atoms with van der Waals surface area (Å²) >= 11 is 0. The Morgan fingerprint density at radius 3 is 2.68 bits per heavy atom. The number of aliphatic carboxylic acids is 1. The third-order valence-corrected chi connectivity index (χ3v) is 3.74. The highest BCUT2D eigenvalue weighted by Gasteiger charge is 2.38. The lowest BCUT2D eigenvalue weighted by molar-refractivity contribution is -0.141. The number of carboxylic acids is 1. The number of nitrogens with zero attached hydrogens (tertiary/aromatic N) is 2. The summed E-state index contributed by atoms with van der Waals surface area (Å²) in [5.74, 6) is -1.07. The topological polar surface area (TPSA) is 93.1 Å². The Kier molecular flexibility index (Phi) is 4.26. The van der Waals surface area contributed by atoms with Gasteiger partial charge in [-0.2, -0.15) is 0 Å². The first-order chi connectivity index (χ1) is 8.99. The van der Waals surface area contributed by atoms with Gasteiger partial charge in [-0.25, -0.2) is 9.59 Å². The molecule has 1 saturated carbocycles. The molecule has 19 heavy (non-hydrogen) atoms. The Bertz CT molecular complexity index is 359. The molecule has 1 aliphatic heterocycles. The number of amides is 2. The number of β-amino-alcohol motifs (C(OH)–C–C–N with tert-alkyl or cyclic N) is 1. The molecule has 108 valence electrons. The Morgan fingerprint density at radius 2 is 2.11 bits per heavy atom. The SMILES string of the molecule is CN(CCNC(=O)N1C[C@H](O)C[C@H]1C(=O)O)C1CC1. The average Bonchev–Trinajstić information content (AvgIpc) is 3.11. The smallest absolute Gasteiger partial charge is 0.326 e. The predicted molar refractivity (Wildman–Crippen MR) is 67.8 cm³/mol. The zero-order chi connectivity index (χ0) is 14.0. The molecule has 0 aromatic rings. The van der Waals surface area contributed by atoms with Crippen LogP contribution in [0, 0.1) is 0 Å². The molecule has 0 aromatic heterocycles. The van der Waals surface area contributed by atoms with Crippen LogP contribution in [0.15, 0.2) is 0 Å². The molecule has 2 fully saturated rings. The maximum Gasteiger partial charge on any atom is 0.326 e. The minimum atomic E-state index is -1.07. The van der Waals surface area contributed by atoms with E-state index in [-0.39, 0.29) is 13.0 Å². The molecule has 2 aliphatic rings. The number of hydrogen-bond donors (Lipinski definition) is 3. The van der Waals surface area contributed by atoms with Crippen LogP contribution in [-0.2, 0) is 4.79 Å². The number of aliphatic hydroxyl groups excluding tert-OH is 1. The molecule has 0 unspecified atom stereocenters. The number of aliphatic hydroxyl groups is 1. The van der Waals surface area contributed by atoms with Gasteiger partial charge in [0.2, 0.25) is 0 Å². The van der Waals surface area contributed by atoms with Crippen molar-refractivity contribution in [2.24, 2.45) is 0 Å². The van der Waals surface area contributed by atoms with Crippen LogP contribution in [-0.4, -0.2) is 76.9 Å². The van der Waals surface area contributed by atoms with Crippen LogP contribution in [0.25, 0.3) is 0 Å². The second-order valence-electron chi connectivity index (χ2n) is 5.34. The van der Waals surface area contributed by atoms with E-state index in [4.69, 9.17) is 5.11 Å². The van der Waals surface area contributed by atoms with E-state index < -0.39 is 24.1 Å². The van der Waals surface area contributed by atoms with Crippen LogP contribution in [0.5, 0.6) is 0 Å². The molecule has 1 aliphatic carbocycles. The van der Waals surface area contributed by atoms with Crippen LogP contribution < -0.4 is 5.32 Å². The molecule has 2 amide bonds. The zero-order valence-electron chi connectivity index (χ0n) is 11.1. The van der Waals surface area contributed by atoms with Gasteiger partial charge in [0.15, 0.2) is 0 Å². The summed E-state index contributed by atoms with van der Waals surface area (Å²) in [6.45, 7) is 1.33. The van der Waals surface area contributed by atoms with Gasteiger partial charge in [0.1, 0.15) is 6.04 Å². The van der Waals surface area contributed by atoms with Gasteiger partial charge >= 0.3 is 12.0 Å². The molecule has 0 radical (unpaired) electrons. The first kappa shape index (κ1) is 14.1.